The average molecular weight is 606 g/mol. The molecular formula is C31H28ClN3O4S2. The number of halogens is 1. The van der Waals surface area contributed by atoms with Crippen LogP contribution in [-0.2, 0) is 20.8 Å². The third kappa shape index (κ3) is 5.88. The molecule has 3 aromatic carbocycles. The molecule has 0 aliphatic carbocycles. The van der Waals surface area contributed by atoms with E-state index in [-0.39, 0.29) is 21.9 Å². The number of ether oxygens (including phenoxy) is 1. The molecule has 0 spiro atoms. The molecule has 1 unspecified atom stereocenters. The van der Waals surface area contributed by atoms with E-state index < -0.39 is 17.7 Å². The number of aliphatic hydroxyl groups excluding tert-OH is 1. The van der Waals surface area contributed by atoms with Gasteiger partial charge in [0.05, 0.1) is 18.7 Å². The van der Waals surface area contributed by atoms with Crippen molar-refractivity contribution in [2.24, 2.45) is 0 Å². The van der Waals surface area contributed by atoms with Crippen LogP contribution < -0.4 is 9.64 Å². The second-order valence-corrected chi connectivity index (χ2v) is 13.1. The molecule has 4 aromatic rings. The average Bonchev–Trinajstić information content (AvgIpc) is 3.53. The Hall–Kier alpha value is -3.66. The molecule has 1 amide bonds. The Morgan fingerprint density at radius 3 is 2.34 bits per heavy atom. The first-order valence-electron chi connectivity index (χ1n) is 12.8. The molecule has 210 valence electrons. The van der Waals surface area contributed by atoms with E-state index in [2.05, 4.69) is 31.0 Å². The standard InChI is InChI=1S/C31H28ClN3O4S2/c1-31(2,3)21-13-9-18(10-14-21)25-24(26(36)19-11-15-22(39-4)16-12-19)27(37)28(38)35(25)29-33-34-30(41-29)40-17-20-7-5-6-8-23(20)32/h5-16,25,36H,17H2,1-4H3/b26-24-. The Balaban J connectivity index is 1.56. The molecule has 1 aromatic heterocycles. The summed E-state index contributed by atoms with van der Waals surface area (Å²) in [4.78, 5) is 28.4. The van der Waals surface area contributed by atoms with Crippen molar-refractivity contribution in [3.05, 3.63) is 106 Å². The van der Waals surface area contributed by atoms with Gasteiger partial charge in [0.15, 0.2) is 4.34 Å². The lowest BCUT2D eigenvalue weighted by Crippen LogP contribution is -2.29. The van der Waals surface area contributed by atoms with E-state index in [0.29, 0.717) is 32.0 Å². The van der Waals surface area contributed by atoms with Crippen LogP contribution in [0, 0.1) is 0 Å². The molecule has 10 heteroatoms. The topological polar surface area (TPSA) is 92.6 Å². The van der Waals surface area contributed by atoms with Crippen LogP contribution in [0.1, 0.15) is 49.1 Å². The highest BCUT2D eigenvalue weighted by Crippen LogP contribution is 2.44. The molecular weight excluding hydrogens is 578 g/mol. The van der Waals surface area contributed by atoms with Crippen molar-refractivity contribution < 1.29 is 19.4 Å². The number of hydrogen-bond acceptors (Lipinski definition) is 8. The van der Waals surface area contributed by atoms with Crippen LogP contribution in [0.25, 0.3) is 5.76 Å². The number of benzene rings is 3. The molecule has 1 saturated heterocycles. The minimum absolute atomic E-state index is 0.0101. The minimum Gasteiger partial charge on any atom is -0.507 e. The number of ketones is 1. The van der Waals surface area contributed by atoms with E-state index in [1.807, 2.05) is 48.5 Å². The van der Waals surface area contributed by atoms with Crippen molar-refractivity contribution in [2.45, 2.75) is 42.3 Å². The number of thioether (sulfide) groups is 1. The summed E-state index contributed by atoms with van der Waals surface area (Å²) in [6.45, 7) is 6.34. The summed E-state index contributed by atoms with van der Waals surface area (Å²) in [6, 6.07) is 21.1. The Kier molecular flexibility index (Phi) is 8.22. The van der Waals surface area contributed by atoms with E-state index in [9.17, 15) is 14.7 Å². The number of carbonyl (C=O) groups is 2. The molecule has 1 aliphatic rings. The highest BCUT2D eigenvalue weighted by atomic mass is 35.5. The van der Waals surface area contributed by atoms with Crippen molar-refractivity contribution in [3.8, 4) is 5.75 Å². The third-order valence-corrected chi connectivity index (χ3v) is 9.28. The summed E-state index contributed by atoms with van der Waals surface area (Å²) >= 11 is 8.96. The molecule has 1 N–H and O–H groups in total. The summed E-state index contributed by atoms with van der Waals surface area (Å²) < 4.78 is 5.85. The number of aromatic nitrogens is 2. The quantitative estimate of drug-likeness (QED) is 0.0770. The second kappa shape index (κ2) is 11.7. The predicted molar refractivity (Wildman–Crippen MR) is 164 cm³/mol. The van der Waals surface area contributed by atoms with E-state index in [0.717, 1.165) is 11.1 Å². The van der Waals surface area contributed by atoms with Crippen LogP contribution in [0.2, 0.25) is 5.02 Å². The first-order chi connectivity index (χ1) is 19.6. The van der Waals surface area contributed by atoms with Gasteiger partial charge in [-0.1, -0.05) is 97.9 Å². The number of methoxy groups -OCH3 is 1. The molecule has 0 saturated carbocycles. The minimum atomic E-state index is -0.888. The lowest BCUT2D eigenvalue weighted by Gasteiger charge is -2.24. The van der Waals surface area contributed by atoms with Crippen molar-refractivity contribution in [1.82, 2.24) is 10.2 Å². The van der Waals surface area contributed by atoms with Crippen LogP contribution >= 0.6 is 34.7 Å². The summed E-state index contributed by atoms with van der Waals surface area (Å²) in [6.07, 6.45) is 0. The van der Waals surface area contributed by atoms with E-state index >= 15 is 0 Å². The molecule has 0 radical (unpaired) electrons. The lowest BCUT2D eigenvalue weighted by atomic mass is 9.85. The van der Waals surface area contributed by atoms with Gasteiger partial charge in [-0.2, -0.15) is 0 Å². The van der Waals surface area contributed by atoms with Gasteiger partial charge >= 0.3 is 5.91 Å². The van der Waals surface area contributed by atoms with E-state index in [4.69, 9.17) is 16.3 Å². The van der Waals surface area contributed by atoms with Crippen LogP contribution in [0.15, 0.2) is 82.7 Å². The van der Waals surface area contributed by atoms with Crippen LogP contribution in [-0.4, -0.2) is 34.1 Å². The lowest BCUT2D eigenvalue weighted by molar-refractivity contribution is -0.132. The van der Waals surface area contributed by atoms with Crippen LogP contribution in [0.4, 0.5) is 5.13 Å². The maximum atomic E-state index is 13.5. The van der Waals surface area contributed by atoms with Crippen molar-refractivity contribution >= 4 is 57.3 Å². The zero-order chi connectivity index (χ0) is 29.3. The maximum Gasteiger partial charge on any atom is 0.301 e. The number of hydrogen-bond donors (Lipinski definition) is 1. The van der Waals surface area contributed by atoms with Gasteiger partial charge in [-0.3, -0.25) is 14.5 Å². The third-order valence-electron chi connectivity index (χ3n) is 6.81. The van der Waals surface area contributed by atoms with Gasteiger partial charge in [-0.05, 0) is 52.4 Å². The summed E-state index contributed by atoms with van der Waals surface area (Å²) in [5.41, 5.74) is 3.03. The van der Waals surface area contributed by atoms with Gasteiger partial charge < -0.3 is 9.84 Å². The zero-order valence-electron chi connectivity index (χ0n) is 22.9. The van der Waals surface area contributed by atoms with Crippen LogP contribution in [0.3, 0.4) is 0 Å². The molecule has 1 fully saturated rings. The van der Waals surface area contributed by atoms with Gasteiger partial charge in [0.2, 0.25) is 5.13 Å². The fourth-order valence-electron chi connectivity index (χ4n) is 4.53. The van der Waals surface area contributed by atoms with Gasteiger partial charge in [-0.25, -0.2) is 0 Å². The van der Waals surface area contributed by atoms with Crippen molar-refractivity contribution in [3.63, 3.8) is 0 Å². The molecule has 41 heavy (non-hydrogen) atoms. The van der Waals surface area contributed by atoms with Gasteiger partial charge in [0.25, 0.3) is 5.78 Å². The molecule has 1 atom stereocenters. The fourth-order valence-corrected chi connectivity index (χ4v) is 6.68. The van der Waals surface area contributed by atoms with Gasteiger partial charge in [0.1, 0.15) is 11.5 Å². The first-order valence-corrected chi connectivity index (χ1v) is 15.0. The number of anilines is 1. The number of carbonyl (C=O) groups excluding carboxylic acids is 2. The maximum absolute atomic E-state index is 13.5. The number of Topliss-reactive ketones (excluding diaryl/α,β-unsaturated/α-hetero) is 1. The number of aliphatic hydroxyl groups is 1. The Labute approximate surface area is 251 Å². The number of amides is 1. The Morgan fingerprint density at radius 2 is 1.71 bits per heavy atom. The normalized spacial score (nSPS) is 16.8. The highest BCUT2D eigenvalue weighted by molar-refractivity contribution is 8.00. The zero-order valence-corrected chi connectivity index (χ0v) is 25.3. The molecule has 2 heterocycles. The van der Waals surface area contributed by atoms with Gasteiger partial charge in [-0.15, -0.1) is 10.2 Å². The Morgan fingerprint density at radius 1 is 1.02 bits per heavy atom. The summed E-state index contributed by atoms with van der Waals surface area (Å²) in [5.74, 6) is -0.655. The fraction of sp³-hybridized carbons (Fsp3) is 0.226. The summed E-state index contributed by atoms with van der Waals surface area (Å²) in [7, 11) is 1.55. The highest BCUT2D eigenvalue weighted by Gasteiger charge is 2.48. The first kappa shape index (κ1) is 28.9. The smallest absolute Gasteiger partial charge is 0.301 e. The van der Waals surface area contributed by atoms with Crippen molar-refractivity contribution in [2.75, 3.05) is 12.0 Å². The molecule has 7 nitrogen and oxygen atoms in total. The number of nitrogens with zero attached hydrogens (tertiary/aromatic N) is 3. The number of rotatable bonds is 7. The SMILES string of the molecule is COc1ccc(/C(O)=C2/C(=O)C(=O)N(c3nnc(SCc4ccccc4Cl)s3)C2c2ccc(C(C)(C)C)cc2)cc1. The monoisotopic (exact) mass is 605 g/mol. The van der Waals surface area contributed by atoms with Crippen LogP contribution in [0.5, 0.6) is 5.75 Å². The van der Waals surface area contributed by atoms with E-state index in [1.54, 1.807) is 31.4 Å². The van der Waals surface area contributed by atoms with E-state index in [1.165, 1.54) is 28.0 Å². The Bertz CT molecular complexity index is 1630. The molecule has 0 bridgehead atoms. The second-order valence-electron chi connectivity index (χ2n) is 10.5. The summed E-state index contributed by atoms with van der Waals surface area (Å²) in [5, 5.41) is 20.9. The largest absolute Gasteiger partial charge is 0.507 e. The molecule has 1 aliphatic heterocycles. The predicted octanol–water partition coefficient (Wildman–Crippen LogP) is 7.42. The van der Waals surface area contributed by atoms with Gasteiger partial charge in [0, 0.05) is 16.3 Å². The van der Waals surface area contributed by atoms with Crippen molar-refractivity contribution in [1.29, 1.82) is 0 Å². The molecule has 5 rings (SSSR count).